The zero-order valence-electron chi connectivity index (χ0n) is 10.8. The number of benzene rings is 1. The summed E-state index contributed by atoms with van der Waals surface area (Å²) < 4.78 is 4.64. The molecule has 0 bridgehead atoms. The largest absolute Gasteiger partial charge is 0.478 e. The third-order valence-corrected chi connectivity index (χ3v) is 3.42. The van der Waals surface area contributed by atoms with E-state index in [1.165, 1.54) is 7.11 Å². The van der Waals surface area contributed by atoms with Gasteiger partial charge in [0.15, 0.2) is 0 Å². The van der Waals surface area contributed by atoms with Gasteiger partial charge in [-0.05, 0) is 37.0 Å². The van der Waals surface area contributed by atoms with Gasteiger partial charge in [0.1, 0.15) is 0 Å². The smallest absolute Gasteiger partial charge is 0.337 e. The minimum atomic E-state index is -0.859. The molecule has 1 aliphatic carbocycles. The number of hydrogen-bond acceptors (Lipinski definition) is 3. The quantitative estimate of drug-likeness (QED) is 0.849. The van der Waals surface area contributed by atoms with Gasteiger partial charge in [0.05, 0.1) is 12.7 Å². The summed E-state index contributed by atoms with van der Waals surface area (Å²) >= 11 is 0. The van der Waals surface area contributed by atoms with Crippen LogP contribution in [-0.4, -0.2) is 24.2 Å². The summed E-state index contributed by atoms with van der Waals surface area (Å²) in [6, 6.07) is 6.96. The Kier molecular flexibility index (Phi) is 4.00. The van der Waals surface area contributed by atoms with E-state index in [1.54, 1.807) is 30.3 Å². The average molecular weight is 260 g/mol. The van der Waals surface area contributed by atoms with E-state index in [0.717, 1.165) is 24.8 Å². The van der Waals surface area contributed by atoms with E-state index in [2.05, 4.69) is 4.74 Å². The number of methoxy groups -OCH3 is 1. The minimum Gasteiger partial charge on any atom is -0.478 e. The summed E-state index contributed by atoms with van der Waals surface area (Å²) in [5.41, 5.74) is 1.86. The van der Waals surface area contributed by atoms with Gasteiger partial charge >= 0.3 is 11.9 Å². The number of carboxylic acid groups (broad SMARTS) is 1. The maximum Gasteiger partial charge on any atom is 0.337 e. The van der Waals surface area contributed by atoms with Crippen LogP contribution in [0, 0.1) is 0 Å². The molecule has 1 unspecified atom stereocenters. The van der Waals surface area contributed by atoms with Crippen molar-refractivity contribution in [3.8, 4) is 0 Å². The Morgan fingerprint density at radius 2 is 1.95 bits per heavy atom. The fraction of sp³-hybridized carbons (Fsp3) is 0.333. The van der Waals surface area contributed by atoms with Crippen LogP contribution >= 0.6 is 0 Å². The van der Waals surface area contributed by atoms with E-state index in [-0.39, 0.29) is 11.9 Å². The fourth-order valence-corrected chi connectivity index (χ4v) is 2.43. The van der Waals surface area contributed by atoms with E-state index >= 15 is 0 Å². The van der Waals surface area contributed by atoms with Gasteiger partial charge in [-0.2, -0.15) is 0 Å². The van der Waals surface area contributed by atoms with Crippen molar-refractivity contribution < 1.29 is 19.4 Å². The third-order valence-electron chi connectivity index (χ3n) is 3.42. The fourth-order valence-electron chi connectivity index (χ4n) is 2.43. The highest BCUT2D eigenvalue weighted by Gasteiger charge is 2.24. The van der Waals surface area contributed by atoms with Crippen LogP contribution in [0.2, 0.25) is 0 Å². The van der Waals surface area contributed by atoms with E-state index in [4.69, 9.17) is 0 Å². The highest BCUT2D eigenvalue weighted by molar-refractivity contribution is 5.90. The molecule has 1 aromatic rings. The second kappa shape index (κ2) is 5.69. The van der Waals surface area contributed by atoms with Gasteiger partial charge in [-0.3, -0.25) is 0 Å². The monoisotopic (exact) mass is 260 g/mol. The average Bonchev–Trinajstić information content (AvgIpc) is 2.46. The van der Waals surface area contributed by atoms with E-state index in [9.17, 15) is 14.7 Å². The first kappa shape index (κ1) is 13.3. The van der Waals surface area contributed by atoms with Crippen molar-refractivity contribution in [1.29, 1.82) is 0 Å². The van der Waals surface area contributed by atoms with Crippen molar-refractivity contribution in [2.75, 3.05) is 7.11 Å². The molecule has 0 saturated heterocycles. The second-order valence-electron chi connectivity index (χ2n) is 4.56. The Balaban J connectivity index is 2.26. The van der Waals surface area contributed by atoms with Crippen LogP contribution < -0.4 is 0 Å². The number of carboxylic acids is 1. The van der Waals surface area contributed by atoms with Crippen molar-refractivity contribution >= 4 is 11.9 Å². The third kappa shape index (κ3) is 2.84. The molecular weight excluding hydrogens is 244 g/mol. The molecule has 0 heterocycles. The molecule has 1 aromatic carbocycles. The number of carbonyl (C=O) groups excluding carboxylic acids is 1. The topological polar surface area (TPSA) is 63.6 Å². The van der Waals surface area contributed by atoms with Crippen molar-refractivity contribution in [2.45, 2.75) is 25.2 Å². The van der Waals surface area contributed by atoms with Crippen LogP contribution in [0.25, 0.3) is 0 Å². The molecule has 4 heteroatoms. The van der Waals surface area contributed by atoms with Gasteiger partial charge in [-0.25, -0.2) is 9.59 Å². The molecule has 0 aliphatic heterocycles. The first-order chi connectivity index (χ1) is 9.13. The van der Waals surface area contributed by atoms with E-state index < -0.39 is 5.97 Å². The highest BCUT2D eigenvalue weighted by Crippen LogP contribution is 2.34. The molecule has 0 fully saturated rings. The molecular formula is C15H16O4. The van der Waals surface area contributed by atoms with Gasteiger partial charge in [0.2, 0.25) is 0 Å². The molecule has 0 amide bonds. The summed E-state index contributed by atoms with van der Waals surface area (Å²) in [5, 5.41) is 9.21. The summed E-state index contributed by atoms with van der Waals surface area (Å²) in [7, 11) is 1.34. The van der Waals surface area contributed by atoms with Crippen LogP contribution in [0.1, 0.15) is 41.1 Å². The molecule has 0 saturated carbocycles. The SMILES string of the molecule is COC(=O)c1ccc(C2CCCC=C2C(=O)O)cc1. The Labute approximate surface area is 111 Å². The maximum atomic E-state index is 11.3. The number of rotatable bonds is 3. The lowest BCUT2D eigenvalue weighted by atomic mass is 9.82. The molecule has 0 aromatic heterocycles. The van der Waals surface area contributed by atoms with Gasteiger partial charge in [0.25, 0.3) is 0 Å². The number of aliphatic carboxylic acids is 1. The number of ether oxygens (including phenoxy) is 1. The summed E-state index contributed by atoms with van der Waals surface area (Å²) in [6.07, 6.45) is 4.43. The highest BCUT2D eigenvalue weighted by atomic mass is 16.5. The van der Waals surface area contributed by atoms with Crippen molar-refractivity contribution in [2.24, 2.45) is 0 Å². The van der Waals surface area contributed by atoms with Gasteiger partial charge in [0, 0.05) is 11.5 Å². The van der Waals surface area contributed by atoms with Crippen molar-refractivity contribution in [3.63, 3.8) is 0 Å². The van der Waals surface area contributed by atoms with Gasteiger partial charge in [-0.1, -0.05) is 18.2 Å². The van der Waals surface area contributed by atoms with Crippen LogP contribution in [0.5, 0.6) is 0 Å². The molecule has 1 N–H and O–H groups in total. The zero-order valence-corrected chi connectivity index (χ0v) is 10.8. The Morgan fingerprint density at radius 3 is 2.53 bits per heavy atom. The van der Waals surface area contributed by atoms with Crippen molar-refractivity contribution in [3.05, 3.63) is 47.0 Å². The Morgan fingerprint density at radius 1 is 1.26 bits per heavy atom. The van der Waals surface area contributed by atoms with E-state index in [0.29, 0.717) is 11.1 Å². The predicted molar refractivity (Wildman–Crippen MR) is 70.1 cm³/mol. The van der Waals surface area contributed by atoms with Gasteiger partial charge < -0.3 is 9.84 Å². The Bertz CT molecular complexity index is 513. The molecule has 2 rings (SSSR count). The van der Waals surface area contributed by atoms with Crippen LogP contribution in [-0.2, 0) is 9.53 Å². The normalized spacial score (nSPS) is 18.6. The lowest BCUT2D eigenvalue weighted by Crippen LogP contribution is -2.14. The van der Waals surface area contributed by atoms with Gasteiger partial charge in [-0.15, -0.1) is 0 Å². The number of carbonyl (C=O) groups is 2. The number of allylic oxidation sites excluding steroid dienone is 1. The summed E-state index contributed by atoms with van der Waals surface area (Å²) in [6.45, 7) is 0. The lowest BCUT2D eigenvalue weighted by molar-refractivity contribution is -0.133. The van der Waals surface area contributed by atoms with Crippen LogP contribution in [0.3, 0.4) is 0 Å². The molecule has 0 spiro atoms. The van der Waals surface area contributed by atoms with Crippen molar-refractivity contribution in [1.82, 2.24) is 0 Å². The Hall–Kier alpha value is -2.10. The standard InChI is InChI=1S/C15H16O4/c1-19-15(18)11-8-6-10(7-9-11)12-4-2-3-5-13(12)14(16)17/h5-9,12H,2-4H2,1H3,(H,16,17). The number of hydrogen-bond donors (Lipinski definition) is 1. The van der Waals surface area contributed by atoms with Crippen LogP contribution in [0.4, 0.5) is 0 Å². The summed E-state index contributed by atoms with van der Waals surface area (Å²) in [4.78, 5) is 22.6. The molecule has 4 nitrogen and oxygen atoms in total. The lowest BCUT2D eigenvalue weighted by Gasteiger charge is -2.22. The number of esters is 1. The predicted octanol–water partition coefficient (Wildman–Crippen LogP) is 2.75. The second-order valence-corrected chi connectivity index (χ2v) is 4.56. The maximum absolute atomic E-state index is 11.3. The minimum absolute atomic E-state index is 0.0852. The zero-order chi connectivity index (χ0) is 13.8. The molecule has 100 valence electrons. The first-order valence-electron chi connectivity index (χ1n) is 6.25. The molecule has 1 atom stereocenters. The van der Waals surface area contributed by atoms with E-state index in [1.807, 2.05) is 0 Å². The summed E-state index contributed by atoms with van der Waals surface area (Å²) in [5.74, 6) is -1.33. The van der Waals surface area contributed by atoms with Crippen LogP contribution in [0.15, 0.2) is 35.9 Å². The molecule has 1 aliphatic rings. The molecule has 19 heavy (non-hydrogen) atoms. The first-order valence-corrected chi connectivity index (χ1v) is 6.25. The molecule has 0 radical (unpaired) electrons.